The molecular formula is C11H13N7. The maximum atomic E-state index is 5.48. The van der Waals surface area contributed by atoms with Gasteiger partial charge >= 0.3 is 0 Å². The molecule has 0 aliphatic carbocycles. The Morgan fingerprint density at radius 3 is 2.78 bits per heavy atom. The van der Waals surface area contributed by atoms with Crippen LogP contribution in [-0.2, 0) is 19.6 Å². The lowest BCUT2D eigenvalue weighted by Gasteiger charge is -2.01. The van der Waals surface area contributed by atoms with Crippen LogP contribution in [0.15, 0.2) is 30.5 Å². The minimum absolute atomic E-state index is 0.409. The van der Waals surface area contributed by atoms with Crippen molar-refractivity contribution in [1.29, 1.82) is 0 Å². The zero-order valence-corrected chi connectivity index (χ0v) is 9.77. The molecular weight excluding hydrogens is 230 g/mol. The van der Waals surface area contributed by atoms with E-state index in [0.29, 0.717) is 19.6 Å². The lowest BCUT2D eigenvalue weighted by molar-refractivity contribution is 0.489. The Hall–Kier alpha value is -2.28. The lowest BCUT2D eigenvalue weighted by atomic mass is 10.3. The maximum Gasteiger partial charge on any atom is 0.113 e. The van der Waals surface area contributed by atoms with Gasteiger partial charge in [0.15, 0.2) is 0 Å². The number of hydrogen-bond donors (Lipinski definition) is 1. The van der Waals surface area contributed by atoms with Gasteiger partial charge in [-0.05, 0) is 12.1 Å². The van der Waals surface area contributed by atoms with Gasteiger partial charge < -0.3 is 5.73 Å². The largest absolute Gasteiger partial charge is 0.325 e. The summed E-state index contributed by atoms with van der Waals surface area (Å²) in [5.41, 5.74) is 8.20. The molecule has 1 aromatic carbocycles. The molecule has 18 heavy (non-hydrogen) atoms. The van der Waals surface area contributed by atoms with Crippen LogP contribution in [0.3, 0.4) is 0 Å². The Morgan fingerprint density at radius 1 is 1.06 bits per heavy atom. The molecule has 0 spiro atoms. The molecule has 2 aromatic heterocycles. The fraction of sp³-hybridized carbons (Fsp3) is 0.273. The van der Waals surface area contributed by atoms with Gasteiger partial charge in [0.1, 0.15) is 5.52 Å². The smallest absolute Gasteiger partial charge is 0.113 e. The first kappa shape index (κ1) is 10.8. The Labute approximate surface area is 103 Å². The number of nitrogens with two attached hydrogens (primary N) is 1. The van der Waals surface area contributed by atoms with Crippen LogP contribution >= 0.6 is 0 Å². The number of nitrogens with zero attached hydrogens (tertiary/aromatic N) is 6. The van der Waals surface area contributed by atoms with Crippen molar-refractivity contribution in [3.63, 3.8) is 0 Å². The van der Waals surface area contributed by atoms with E-state index in [1.807, 2.05) is 35.1 Å². The topological polar surface area (TPSA) is 87.4 Å². The number of aryl methyl sites for hydroxylation is 2. The van der Waals surface area contributed by atoms with E-state index in [1.54, 1.807) is 4.68 Å². The first-order valence-corrected chi connectivity index (χ1v) is 5.74. The van der Waals surface area contributed by atoms with E-state index in [2.05, 4.69) is 20.6 Å². The first-order chi connectivity index (χ1) is 8.86. The molecule has 0 radical (unpaired) electrons. The molecule has 0 bridgehead atoms. The molecule has 92 valence electrons. The average molecular weight is 243 g/mol. The number of fused-ring (bicyclic) bond motifs is 1. The molecule has 7 nitrogen and oxygen atoms in total. The highest BCUT2D eigenvalue weighted by Crippen LogP contribution is 2.09. The van der Waals surface area contributed by atoms with E-state index in [0.717, 1.165) is 16.7 Å². The van der Waals surface area contributed by atoms with Gasteiger partial charge in [0.25, 0.3) is 0 Å². The van der Waals surface area contributed by atoms with Gasteiger partial charge in [0.05, 0.1) is 24.3 Å². The normalized spacial score (nSPS) is 11.2. The van der Waals surface area contributed by atoms with Crippen LogP contribution in [0.1, 0.15) is 5.69 Å². The molecule has 2 heterocycles. The Kier molecular flexibility index (Phi) is 2.73. The molecule has 2 N–H and O–H groups in total. The van der Waals surface area contributed by atoms with Crippen molar-refractivity contribution in [1.82, 2.24) is 30.0 Å². The SMILES string of the molecule is NCc1cn(CCn2nnc3ccccc32)nn1. The van der Waals surface area contributed by atoms with Crippen molar-refractivity contribution in [2.75, 3.05) is 0 Å². The van der Waals surface area contributed by atoms with Gasteiger partial charge in [-0.1, -0.05) is 22.6 Å². The van der Waals surface area contributed by atoms with Crippen molar-refractivity contribution < 1.29 is 0 Å². The fourth-order valence-electron chi connectivity index (χ4n) is 1.82. The van der Waals surface area contributed by atoms with Gasteiger partial charge in [-0.25, -0.2) is 4.68 Å². The highest BCUT2D eigenvalue weighted by molar-refractivity contribution is 5.73. The highest BCUT2D eigenvalue weighted by atomic mass is 15.5. The second-order valence-corrected chi connectivity index (χ2v) is 3.98. The Balaban J connectivity index is 1.76. The third-order valence-electron chi connectivity index (χ3n) is 2.76. The summed E-state index contributed by atoms with van der Waals surface area (Å²) >= 11 is 0. The zero-order chi connectivity index (χ0) is 12.4. The van der Waals surface area contributed by atoms with Gasteiger partial charge in [0, 0.05) is 12.7 Å². The molecule has 0 saturated carbocycles. The quantitative estimate of drug-likeness (QED) is 0.706. The second-order valence-electron chi connectivity index (χ2n) is 3.98. The van der Waals surface area contributed by atoms with E-state index < -0.39 is 0 Å². The van der Waals surface area contributed by atoms with E-state index in [9.17, 15) is 0 Å². The molecule has 3 aromatic rings. The van der Waals surface area contributed by atoms with E-state index in [4.69, 9.17) is 5.73 Å². The molecule has 0 fully saturated rings. The highest BCUT2D eigenvalue weighted by Gasteiger charge is 2.04. The van der Waals surface area contributed by atoms with Crippen molar-refractivity contribution in [3.05, 3.63) is 36.2 Å². The average Bonchev–Trinajstić information content (AvgIpc) is 3.03. The maximum absolute atomic E-state index is 5.48. The molecule has 0 atom stereocenters. The molecule has 0 saturated heterocycles. The van der Waals surface area contributed by atoms with Gasteiger partial charge in [0.2, 0.25) is 0 Å². The Bertz CT molecular complexity index is 654. The third kappa shape index (κ3) is 1.95. The predicted molar refractivity (Wildman–Crippen MR) is 65.4 cm³/mol. The standard InChI is InChI=1S/C11H13N7/c12-7-9-8-17(15-13-9)5-6-18-11-4-2-1-3-10(11)14-16-18/h1-4,8H,5-7,12H2. The molecule has 3 rings (SSSR count). The van der Waals surface area contributed by atoms with Crippen LogP contribution in [0.2, 0.25) is 0 Å². The predicted octanol–water partition coefficient (Wildman–Crippen LogP) is 0.182. The van der Waals surface area contributed by atoms with Crippen LogP contribution in [0.5, 0.6) is 0 Å². The summed E-state index contributed by atoms with van der Waals surface area (Å²) in [6.45, 7) is 1.81. The summed E-state index contributed by atoms with van der Waals surface area (Å²) in [6, 6.07) is 7.87. The van der Waals surface area contributed by atoms with E-state index in [-0.39, 0.29) is 0 Å². The molecule has 7 heteroatoms. The van der Waals surface area contributed by atoms with E-state index in [1.165, 1.54) is 0 Å². The van der Waals surface area contributed by atoms with Gasteiger partial charge in [-0.2, -0.15) is 0 Å². The summed E-state index contributed by atoms with van der Waals surface area (Å²) < 4.78 is 3.62. The van der Waals surface area contributed by atoms with Crippen molar-refractivity contribution >= 4 is 11.0 Å². The van der Waals surface area contributed by atoms with Crippen LogP contribution in [0.25, 0.3) is 11.0 Å². The molecule has 0 unspecified atom stereocenters. The third-order valence-corrected chi connectivity index (χ3v) is 2.76. The summed E-state index contributed by atoms with van der Waals surface area (Å²) in [4.78, 5) is 0. The fourth-order valence-corrected chi connectivity index (χ4v) is 1.82. The number of para-hydroxylation sites is 1. The summed E-state index contributed by atoms with van der Waals surface area (Å²) in [6.07, 6.45) is 1.85. The van der Waals surface area contributed by atoms with Gasteiger partial charge in [-0.3, -0.25) is 4.68 Å². The second kappa shape index (κ2) is 4.53. The summed E-state index contributed by atoms with van der Waals surface area (Å²) in [7, 11) is 0. The Morgan fingerprint density at radius 2 is 1.94 bits per heavy atom. The van der Waals surface area contributed by atoms with Crippen LogP contribution in [0.4, 0.5) is 0 Å². The minimum atomic E-state index is 0.409. The van der Waals surface area contributed by atoms with Crippen molar-refractivity contribution in [3.8, 4) is 0 Å². The number of rotatable bonds is 4. The summed E-state index contributed by atoms with van der Waals surface area (Å²) in [5.74, 6) is 0. The van der Waals surface area contributed by atoms with Crippen LogP contribution in [-0.4, -0.2) is 30.0 Å². The van der Waals surface area contributed by atoms with Crippen molar-refractivity contribution in [2.45, 2.75) is 19.6 Å². The first-order valence-electron chi connectivity index (χ1n) is 5.74. The monoisotopic (exact) mass is 243 g/mol. The molecule has 0 amide bonds. The molecule has 0 aliphatic rings. The number of benzene rings is 1. The number of hydrogen-bond acceptors (Lipinski definition) is 5. The molecule has 0 aliphatic heterocycles. The minimum Gasteiger partial charge on any atom is -0.325 e. The zero-order valence-electron chi connectivity index (χ0n) is 9.77. The van der Waals surface area contributed by atoms with Crippen LogP contribution in [0, 0.1) is 0 Å². The number of aromatic nitrogens is 6. The van der Waals surface area contributed by atoms with E-state index >= 15 is 0 Å². The summed E-state index contributed by atoms with van der Waals surface area (Å²) in [5, 5.41) is 16.1. The van der Waals surface area contributed by atoms with Crippen LogP contribution < -0.4 is 5.73 Å². The lowest BCUT2D eigenvalue weighted by Crippen LogP contribution is -2.09. The van der Waals surface area contributed by atoms with Crippen molar-refractivity contribution in [2.24, 2.45) is 5.73 Å². The van der Waals surface area contributed by atoms with Gasteiger partial charge in [-0.15, -0.1) is 10.2 Å².